The first kappa shape index (κ1) is 16.4. The molecule has 1 N–H and O–H groups in total. The van der Waals surface area contributed by atoms with Crippen LogP contribution in [-0.4, -0.2) is 43.4 Å². The molecule has 0 saturated carbocycles. The van der Waals surface area contributed by atoms with E-state index in [9.17, 15) is 5.11 Å². The van der Waals surface area contributed by atoms with Gasteiger partial charge < -0.3 is 14.6 Å². The minimum absolute atomic E-state index is 0.302. The molecule has 4 nitrogen and oxygen atoms in total. The predicted molar refractivity (Wildman–Crippen MR) is 84.3 cm³/mol. The molecule has 1 aliphatic heterocycles. The minimum atomic E-state index is 0.302. The van der Waals surface area contributed by atoms with Crippen LogP contribution in [0.1, 0.15) is 25.3 Å². The fraction of sp³-hybridized carbons (Fsp3) is 0.625. The SMILES string of the molecule is CCOc1c(Cl)cc(CN2CCC(CO)CC2)cc1OC. The number of nitrogens with zero attached hydrogens (tertiary/aromatic N) is 1. The quantitative estimate of drug-likeness (QED) is 0.877. The lowest BCUT2D eigenvalue weighted by Gasteiger charge is -2.31. The molecular weight excluding hydrogens is 290 g/mol. The van der Waals surface area contributed by atoms with E-state index in [0.29, 0.717) is 35.7 Å². The molecule has 0 atom stereocenters. The van der Waals surface area contributed by atoms with E-state index in [4.69, 9.17) is 21.1 Å². The fourth-order valence-corrected chi connectivity index (χ4v) is 3.02. The van der Waals surface area contributed by atoms with Crippen LogP contribution < -0.4 is 9.47 Å². The van der Waals surface area contributed by atoms with E-state index >= 15 is 0 Å². The van der Waals surface area contributed by atoms with E-state index in [1.165, 1.54) is 0 Å². The highest BCUT2D eigenvalue weighted by Gasteiger charge is 2.19. The van der Waals surface area contributed by atoms with E-state index in [0.717, 1.165) is 38.0 Å². The van der Waals surface area contributed by atoms with Crippen LogP contribution in [0, 0.1) is 5.92 Å². The molecule has 1 aliphatic rings. The maximum absolute atomic E-state index is 9.19. The number of benzene rings is 1. The summed E-state index contributed by atoms with van der Waals surface area (Å²) in [5, 5.41) is 9.78. The Hall–Kier alpha value is -0.970. The number of piperidine rings is 1. The lowest BCUT2D eigenvalue weighted by atomic mass is 9.97. The number of methoxy groups -OCH3 is 1. The summed E-state index contributed by atoms with van der Waals surface area (Å²) in [6.07, 6.45) is 2.11. The van der Waals surface area contributed by atoms with Crippen molar-refractivity contribution in [1.29, 1.82) is 0 Å². The van der Waals surface area contributed by atoms with Gasteiger partial charge >= 0.3 is 0 Å². The van der Waals surface area contributed by atoms with Crippen molar-refractivity contribution in [3.05, 3.63) is 22.7 Å². The normalized spacial score (nSPS) is 17.0. The van der Waals surface area contributed by atoms with Gasteiger partial charge in [0.15, 0.2) is 11.5 Å². The maximum atomic E-state index is 9.19. The molecule has 1 saturated heterocycles. The largest absolute Gasteiger partial charge is 0.493 e. The van der Waals surface area contributed by atoms with Crippen LogP contribution in [0.15, 0.2) is 12.1 Å². The number of likely N-dealkylation sites (tertiary alicyclic amines) is 1. The lowest BCUT2D eigenvalue weighted by Crippen LogP contribution is -2.34. The van der Waals surface area contributed by atoms with Gasteiger partial charge in [-0.15, -0.1) is 0 Å². The molecule has 0 radical (unpaired) electrons. The molecule has 0 aliphatic carbocycles. The highest BCUT2D eigenvalue weighted by molar-refractivity contribution is 6.32. The summed E-state index contributed by atoms with van der Waals surface area (Å²) in [6, 6.07) is 3.95. The molecule has 2 rings (SSSR count). The van der Waals surface area contributed by atoms with Crippen molar-refractivity contribution in [2.45, 2.75) is 26.3 Å². The van der Waals surface area contributed by atoms with Crippen molar-refractivity contribution in [1.82, 2.24) is 4.90 Å². The van der Waals surface area contributed by atoms with E-state index in [-0.39, 0.29) is 0 Å². The third kappa shape index (κ3) is 4.25. The van der Waals surface area contributed by atoms with E-state index in [1.807, 2.05) is 19.1 Å². The van der Waals surface area contributed by atoms with Gasteiger partial charge in [0.05, 0.1) is 18.7 Å². The Kier molecular flexibility index (Phi) is 6.15. The second-order valence-corrected chi connectivity index (χ2v) is 5.85. The third-order valence-corrected chi connectivity index (χ3v) is 4.23. The molecule has 1 heterocycles. The van der Waals surface area contributed by atoms with E-state index in [2.05, 4.69) is 4.90 Å². The Balaban J connectivity index is 2.05. The van der Waals surface area contributed by atoms with Crippen molar-refractivity contribution in [2.75, 3.05) is 33.4 Å². The topological polar surface area (TPSA) is 41.9 Å². The summed E-state index contributed by atoms with van der Waals surface area (Å²) in [6.45, 7) is 5.66. The van der Waals surface area contributed by atoms with Crippen molar-refractivity contribution < 1.29 is 14.6 Å². The number of aliphatic hydroxyl groups excluding tert-OH is 1. The van der Waals surface area contributed by atoms with Gasteiger partial charge in [-0.3, -0.25) is 4.90 Å². The molecule has 5 heteroatoms. The Morgan fingerprint density at radius 1 is 1.33 bits per heavy atom. The van der Waals surface area contributed by atoms with Gasteiger partial charge in [0.25, 0.3) is 0 Å². The molecule has 0 bridgehead atoms. The number of halogens is 1. The van der Waals surface area contributed by atoms with E-state index in [1.54, 1.807) is 7.11 Å². The predicted octanol–water partition coefficient (Wildman–Crippen LogP) is 2.95. The van der Waals surface area contributed by atoms with Crippen molar-refractivity contribution in [2.24, 2.45) is 5.92 Å². The summed E-state index contributed by atoms with van der Waals surface area (Å²) in [7, 11) is 1.63. The first-order valence-corrected chi connectivity index (χ1v) is 7.88. The Bertz CT molecular complexity index is 459. The summed E-state index contributed by atoms with van der Waals surface area (Å²) in [5.74, 6) is 1.76. The first-order chi connectivity index (χ1) is 10.2. The molecule has 0 aromatic heterocycles. The molecule has 0 amide bonds. The summed E-state index contributed by atoms with van der Waals surface area (Å²) < 4.78 is 10.9. The second-order valence-electron chi connectivity index (χ2n) is 5.44. The van der Waals surface area contributed by atoms with Gasteiger partial charge in [0.2, 0.25) is 0 Å². The fourth-order valence-electron chi connectivity index (χ4n) is 2.73. The Morgan fingerprint density at radius 2 is 2.05 bits per heavy atom. The highest BCUT2D eigenvalue weighted by Crippen LogP contribution is 2.37. The summed E-state index contributed by atoms with van der Waals surface area (Å²) in [4.78, 5) is 2.39. The van der Waals surface area contributed by atoms with Gasteiger partial charge in [-0.05, 0) is 56.5 Å². The van der Waals surface area contributed by atoms with Gasteiger partial charge in [0, 0.05) is 13.2 Å². The summed E-state index contributed by atoms with van der Waals surface area (Å²) >= 11 is 6.30. The molecule has 0 spiro atoms. The van der Waals surface area contributed by atoms with Crippen molar-refractivity contribution in [3.63, 3.8) is 0 Å². The van der Waals surface area contributed by atoms with Crippen LogP contribution >= 0.6 is 11.6 Å². The molecule has 1 fully saturated rings. The molecule has 1 aromatic carbocycles. The minimum Gasteiger partial charge on any atom is -0.493 e. The molecule has 118 valence electrons. The molecule has 1 aromatic rings. The zero-order valence-electron chi connectivity index (χ0n) is 12.8. The smallest absolute Gasteiger partial charge is 0.179 e. The highest BCUT2D eigenvalue weighted by atomic mass is 35.5. The zero-order valence-corrected chi connectivity index (χ0v) is 13.5. The van der Waals surface area contributed by atoms with Gasteiger partial charge in [-0.2, -0.15) is 0 Å². The zero-order chi connectivity index (χ0) is 15.2. The Labute approximate surface area is 131 Å². The van der Waals surface area contributed by atoms with Crippen LogP contribution in [0.25, 0.3) is 0 Å². The molecule has 0 unspecified atom stereocenters. The first-order valence-electron chi connectivity index (χ1n) is 7.50. The number of hydrogen-bond acceptors (Lipinski definition) is 4. The van der Waals surface area contributed by atoms with Gasteiger partial charge in [0.1, 0.15) is 0 Å². The monoisotopic (exact) mass is 313 g/mol. The lowest BCUT2D eigenvalue weighted by molar-refractivity contribution is 0.127. The maximum Gasteiger partial charge on any atom is 0.179 e. The average Bonchev–Trinajstić information content (AvgIpc) is 2.50. The van der Waals surface area contributed by atoms with Crippen molar-refractivity contribution >= 4 is 11.6 Å². The number of rotatable bonds is 6. The molecular formula is C16H24ClNO3. The van der Waals surface area contributed by atoms with Gasteiger partial charge in [-0.25, -0.2) is 0 Å². The standard InChI is InChI=1S/C16H24ClNO3/c1-3-21-16-14(17)8-13(9-15(16)20-2)10-18-6-4-12(11-19)5-7-18/h8-9,12,19H,3-7,10-11H2,1-2H3. The van der Waals surface area contributed by atoms with Crippen molar-refractivity contribution in [3.8, 4) is 11.5 Å². The van der Waals surface area contributed by atoms with Crippen LogP contribution in [0.3, 0.4) is 0 Å². The van der Waals surface area contributed by atoms with E-state index < -0.39 is 0 Å². The van der Waals surface area contributed by atoms with Crippen LogP contribution in [0.4, 0.5) is 0 Å². The summed E-state index contributed by atoms with van der Waals surface area (Å²) in [5.41, 5.74) is 1.13. The van der Waals surface area contributed by atoms with Gasteiger partial charge in [-0.1, -0.05) is 11.6 Å². The molecule has 21 heavy (non-hydrogen) atoms. The van der Waals surface area contributed by atoms with Crippen LogP contribution in [0.2, 0.25) is 5.02 Å². The average molecular weight is 314 g/mol. The number of hydrogen-bond donors (Lipinski definition) is 1. The second kappa shape index (κ2) is 7.87. The van der Waals surface area contributed by atoms with Crippen LogP contribution in [0.5, 0.6) is 11.5 Å². The number of aliphatic hydroxyl groups is 1. The number of ether oxygens (including phenoxy) is 2. The third-order valence-electron chi connectivity index (χ3n) is 3.95. The van der Waals surface area contributed by atoms with Crippen LogP contribution in [-0.2, 0) is 6.54 Å². The Morgan fingerprint density at radius 3 is 2.62 bits per heavy atom.